The average Bonchev–Trinajstić information content (AvgIpc) is 2.63. The molecule has 100 valence electrons. The first-order valence-corrected chi connectivity index (χ1v) is 6.64. The quantitative estimate of drug-likeness (QED) is 0.917. The van der Waals surface area contributed by atoms with Gasteiger partial charge < -0.3 is 5.32 Å². The summed E-state index contributed by atoms with van der Waals surface area (Å²) in [5, 5.41) is 7.79. The van der Waals surface area contributed by atoms with Gasteiger partial charge in [-0.25, -0.2) is 4.39 Å². The van der Waals surface area contributed by atoms with E-state index >= 15 is 0 Å². The number of anilines is 1. The van der Waals surface area contributed by atoms with E-state index in [4.69, 9.17) is 0 Å². The Hall–Kier alpha value is -1.84. The Morgan fingerprint density at radius 1 is 1.32 bits per heavy atom. The zero-order valence-corrected chi connectivity index (χ0v) is 11.2. The minimum Gasteiger partial charge on any atom is -0.380 e. The van der Waals surface area contributed by atoms with Crippen molar-refractivity contribution in [2.24, 2.45) is 7.05 Å². The number of aromatic nitrogens is 2. The minimum atomic E-state index is -0.0801. The number of hydrogen-bond donors (Lipinski definition) is 1. The van der Waals surface area contributed by atoms with Crippen LogP contribution in [-0.4, -0.2) is 15.8 Å². The maximum Gasteiger partial charge on any atom is 0.126 e. The molecule has 1 fully saturated rings. The molecule has 1 aliphatic carbocycles. The van der Waals surface area contributed by atoms with Crippen LogP contribution in [0.4, 0.5) is 10.1 Å². The van der Waals surface area contributed by atoms with E-state index in [2.05, 4.69) is 10.4 Å². The summed E-state index contributed by atoms with van der Waals surface area (Å²) >= 11 is 0. The number of hydrogen-bond acceptors (Lipinski definition) is 2. The van der Waals surface area contributed by atoms with Crippen molar-refractivity contribution in [1.82, 2.24) is 9.78 Å². The van der Waals surface area contributed by atoms with E-state index in [-0.39, 0.29) is 5.82 Å². The van der Waals surface area contributed by atoms with Crippen molar-refractivity contribution in [3.8, 4) is 0 Å². The van der Waals surface area contributed by atoms with Crippen molar-refractivity contribution in [3.05, 3.63) is 47.5 Å². The molecule has 0 radical (unpaired) electrons. The van der Waals surface area contributed by atoms with Crippen LogP contribution in [0.15, 0.2) is 30.5 Å². The zero-order chi connectivity index (χ0) is 13.4. The van der Waals surface area contributed by atoms with Gasteiger partial charge in [-0.3, -0.25) is 4.68 Å². The molecule has 0 spiro atoms. The van der Waals surface area contributed by atoms with Gasteiger partial charge in [0.1, 0.15) is 5.82 Å². The molecule has 0 amide bonds. The minimum absolute atomic E-state index is 0.0801. The summed E-state index contributed by atoms with van der Waals surface area (Å²) in [7, 11) is 1.92. The molecule has 3 rings (SSSR count). The molecule has 0 atom stereocenters. The SMILES string of the molecule is Cc1nn(C)cc1NC1CC(c2ccccc2F)C1. The Kier molecular flexibility index (Phi) is 3.01. The van der Waals surface area contributed by atoms with Gasteiger partial charge in [-0.15, -0.1) is 0 Å². The Morgan fingerprint density at radius 3 is 2.68 bits per heavy atom. The van der Waals surface area contributed by atoms with E-state index in [0.29, 0.717) is 12.0 Å². The zero-order valence-electron chi connectivity index (χ0n) is 11.2. The fourth-order valence-corrected chi connectivity index (χ4v) is 2.76. The Bertz CT molecular complexity index is 585. The molecule has 1 heterocycles. The molecule has 1 aliphatic rings. The molecule has 0 unspecified atom stereocenters. The van der Waals surface area contributed by atoms with E-state index < -0.39 is 0 Å². The number of benzene rings is 1. The molecule has 1 saturated carbocycles. The normalized spacial score (nSPS) is 22.1. The molecular weight excluding hydrogens is 241 g/mol. The van der Waals surface area contributed by atoms with Crippen LogP contribution in [0, 0.1) is 12.7 Å². The van der Waals surface area contributed by atoms with Crippen molar-refractivity contribution in [3.63, 3.8) is 0 Å². The highest BCUT2D eigenvalue weighted by atomic mass is 19.1. The van der Waals surface area contributed by atoms with Gasteiger partial charge in [0.15, 0.2) is 0 Å². The van der Waals surface area contributed by atoms with Gasteiger partial charge in [0.25, 0.3) is 0 Å². The van der Waals surface area contributed by atoms with Crippen LogP contribution < -0.4 is 5.32 Å². The predicted molar refractivity (Wildman–Crippen MR) is 73.7 cm³/mol. The third-order valence-electron chi connectivity index (χ3n) is 3.86. The third kappa shape index (κ3) is 2.35. The van der Waals surface area contributed by atoms with Crippen LogP contribution in [0.2, 0.25) is 0 Å². The molecule has 0 bridgehead atoms. The maximum atomic E-state index is 13.6. The summed E-state index contributed by atoms with van der Waals surface area (Å²) in [6.07, 6.45) is 3.95. The van der Waals surface area contributed by atoms with Crippen molar-refractivity contribution in [2.75, 3.05) is 5.32 Å². The van der Waals surface area contributed by atoms with Crippen LogP contribution in [-0.2, 0) is 7.05 Å². The fourth-order valence-electron chi connectivity index (χ4n) is 2.76. The second-order valence-electron chi connectivity index (χ2n) is 5.33. The molecular formula is C15H18FN3. The largest absolute Gasteiger partial charge is 0.380 e. The summed E-state index contributed by atoms with van der Waals surface area (Å²) in [4.78, 5) is 0. The van der Waals surface area contributed by atoms with Crippen LogP contribution in [0.3, 0.4) is 0 Å². The monoisotopic (exact) mass is 259 g/mol. The fraction of sp³-hybridized carbons (Fsp3) is 0.400. The average molecular weight is 259 g/mol. The predicted octanol–water partition coefficient (Wildman–Crippen LogP) is 3.23. The van der Waals surface area contributed by atoms with E-state index in [0.717, 1.165) is 29.8 Å². The first kappa shape index (κ1) is 12.2. The molecule has 1 N–H and O–H groups in total. The van der Waals surface area contributed by atoms with E-state index in [9.17, 15) is 4.39 Å². The third-order valence-corrected chi connectivity index (χ3v) is 3.86. The topological polar surface area (TPSA) is 29.9 Å². The molecule has 4 heteroatoms. The van der Waals surface area contributed by atoms with Gasteiger partial charge in [-0.1, -0.05) is 18.2 Å². The first-order chi connectivity index (χ1) is 9.13. The standard InChI is InChI=1S/C15H18FN3/c1-10-15(9-19(2)18-10)17-12-7-11(8-12)13-5-3-4-6-14(13)16/h3-6,9,11-12,17H,7-8H2,1-2H3. The van der Waals surface area contributed by atoms with Crippen LogP contribution >= 0.6 is 0 Å². The van der Waals surface area contributed by atoms with Crippen LogP contribution in [0.25, 0.3) is 0 Å². The van der Waals surface area contributed by atoms with Crippen LogP contribution in [0.5, 0.6) is 0 Å². The number of nitrogens with one attached hydrogen (secondary N) is 1. The Balaban J connectivity index is 1.62. The summed E-state index contributed by atoms with van der Waals surface area (Å²) in [5.41, 5.74) is 2.94. The van der Waals surface area contributed by atoms with Crippen molar-refractivity contribution >= 4 is 5.69 Å². The number of aryl methyl sites for hydroxylation is 2. The van der Waals surface area contributed by atoms with Gasteiger partial charge in [-0.2, -0.15) is 5.10 Å². The van der Waals surface area contributed by atoms with Crippen molar-refractivity contribution in [1.29, 1.82) is 0 Å². The molecule has 0 saturated heterocycles. The number of nitrogens with zero attached hydrogens (tertiary/aromatic N) is 2. The van der Waals surface area contributed by atoms with Crippen molar-refractivity contribution < 1.29 is 4.39 Å². The molecule has 1 aromatic heterocycles. The Morgan fingerprint density at radius 2 is 2.05 bits per heavy atom. The second kappa shape index (κ2) is 4.68. The van der Waals surface area contributed by atoms with E-state index in [1.165, 1.54) is 0 Å². The van der Waals surface area contributed by atoms with E-state index in [1.54, 1.807) is 12.1 Å². The highest BCUT2D eigenvalue weighted by Crippen LogP contribution is 2.39. The van der Waals surface area contributed by atoms with Gasteiger partial charge in [0.2, 0.25) is 0 Å². The summed E-state index contributed by atoms with van der Waals surface area (Å²) in [6, 6.07) is 7.51. The summed E-state index contributed by atoms with van der Waals surface area (Å²) < 4.78 is 15.5. The highest BCUT2D eigenvalue weighted by Gasteiger charge is 2.32. The lowest BCUT2D eigenvalue weighted by molar-refractivity contribution is 0.363. The van der Waals surface area contributed by atoms with Gasteiger partial charge in [0, 0.05) is 19.3 Å². The molecule has 0 aliphatic heterocycles. The summed E-state index contributed by atoms with van der Waals surface area (Å²) in [6.45, 7) is 2.00. The van der Waals surface area contributed by atoms with Gasteiger partial charge >= 0.3 is 0 Å². The highest BCUT2D eigenvalue weighted by molar-refractivity contribution is 5.47. The smallest absolute Gasteiger partial charge is 0.126 e. The van der Waals surface area contributed by atoms with Gasteiger partial charge in [0.05, 0.1) is 11.4 Å². The molecule has 19 heavy (non-hydrogen) atoms. The molecule has 3 nitrogen and oxygen atoms in total. The first-order valence-electron chi connectivity index (χ1n) is 6.64. The Labute approximate surface area is 112 Å². The second-order valence-corrected chi connectivity index (χ2v) is 5.33. The summed E-state index contributed by atoms with van der Waals surface area (Å²) in [5.74, 6) is 0.263. The number of rotatable bonds is 3. The van der Waals surface area contributed by atoms with E-state index in [1.807, 2.05) is 37.0 Å². The maximum absolute atomic E-state index is 13.6. The lowest BCUT2D eigenvalue weighted by Crippen LogP contribution is -2.34. The lowest BCUT2D eigenvalue weighted by Gasteiger charge is -2.36. The lowest BCUT2D eigenvalue weighted by atomic mass is 9.75. The van der Waals surface area contributed by atoms with Gasteiger partial charge in [-0.05, 0) is 37.3 Å². The molecule has 2 aromatic rings. The number of halogens is 1. The molecule has 1 aromatic carbocycles. The van der Waals surface area contributed by atoms with Crippen molar-refractivity contribution in [2.45, 2.75) is 31.7 Å². The van der Waals surface area contributed by atoms with Crippen LogP contribution in [0.1, 0.15) is 30.0 Å².